The number of carbonyl (C=O) groups is 1. The third-order valence-electron chi connectivity index (χ3n) is 6.75. The molecule has 6 rings (SSSR count). The number of fused-ring (bicyclic) bond motifs is 1. The number of nitriles is 1. The molecule has 0 aliphatic rings. The summed E-state index contributed by atoms with van der Waals surface area (Å²) in [6.07, 6.45) is 8.66. The molecule has 0 aliphatic carbocycles. The molecule has 3 N–H and O–H groups in total. The molecule has 0 radical (unpaired) electrons. The minimum atomic E-state index is -0.134. The van der Waals surface area contributed by atoms with E-state index >= 15 is 0 Å². The molecule has 0 fully saturated rings. The highest BCUT2D eigenvalue weighted by atomic mass is 16.1. The predicted molar refractivity (Wildman–Crippen MR) is 157 cm³/mol. The van der Waals surface area contributed by atoms with E-state index in [-0.39, 0.29) is 5.91 Å². The molecule has 0 unspecified atom stereocenters. The number of carbonyl (C=O) groups excluding carboxylic acids is 1. The first-order valence-electron chi connectivity index (χ1n) is 12.8. The van der Waals surface area contributed by atoms with Crippen LogP contribution in [0.1, 0.15) is 21.5 Å². The number of amides is 1. The number of pyridine rings is 2. The molecular formula is C33H24N6O. The molecule has 192 valence electrons. The van der Waals surface area contributed by atoms with Crippen LogP contribution in [0.15, 0.2) is 116 Å². The van der Waals surface area contributed by atoms with Crippen molar-refractivity contribution in [2.24, 2.45) is 0 Å². The maximum absolute atomic E-state index is 12.6. The van der Waals surface area contributed by atoms with Crippen molar-refractivity contribution in [2.75, 3.05) is 5.32 Å². The highest BCUT2D eigenvalue weighted by Gasteiger charge is 2.13. The van der Waals surface area contributed by atoms with Crippen LogP contribution >= 0.6 is 0 Å². The first-order valence-corrected chi connectivity index (χ1v) is 12.8. The lowest BCUT2D eigenvalue weighted by Gasteiger charge is -2.15. The zero-order valence-corrected chi connectivity index (χ0v) is 21.4. The van der Waals surface area contributed by atoms with Gasteiger partial charge in [-0.1, -0.05) is 30.3 Å². The number of H-pyrrole nitrogens is 1. The average Bonchev–Trinajstić information content (AvgIpc) is 3.49. The van der Waals surface area contributed by atoms with E-state index in [0.29, 0.717) is 23.4 Å². The number of aromatic amines is 1. The van der Waals surface area contributed by atoms with E-state index in [4.69, 9.17) is 0 Å². The van der Waals surface area contributed by atoms with Crippen molar-refractivity contribution in [2.45, 2.75) is 6.54 Å². The van der Waals surface area contributed by atoms with Crippen molar-refractivity contribution in [1.29, 1.82) is 5.26 Å². The van der Waals surface area contributed by atoms with Crippen LogP contribution in [0.3, 0.4) is 0 Å². The summed E-state index contributed by atoms with van der Waals surface area (Å²) in [7, 11) is 0. The van der Waals surface area contributed by atoms with E-state index < -0.39 is 0 Å². The summed E-state index contributed by atoms with van der Waals surface area (Å²) in [5, 5.41) is 17.3. The quantitative estimate of drug-likeness (QED) is 0.214. The van der Waals surface area contributed by atoms with Gasteiger partial charge in [0.25, 0.3) is 5.91 Å². The van der Waals surface area contributed by atoms with Gasteiger partial charge >= 0.3 is 0 Å². The third kappa shape index (κ3) is 5.15. The highest BCUT2D eigenvalue weighted by Crippen LogP contribution is 2.35. The maximum Gasteiger partial charge on any atom is 0.251 e. The topological polar surface area (TPSA) is 106 Å². The van der Waals surface area contributed by atoms with Gasteiger partial charge in [0.2, 0.25) is 0 Å². The summed E-state index contributed by atoms with van der Waals surface area (Å²) in [6, 6.07) is 29.7. The van der Waals surface area contributed by atoms with Crippen molar-refractivity contribution in [3.8, 4) is 28.3 Å². The zero-order valence-electron chi connectivity index (χ0n) is 21.4. The van der Waals surface area contributed by atoms with Crippen LogP contribution in [-0.4, -0.2) is 20.9 Å². The summed E-state index contributed by atoms with van der Waals surface area (Å²) in [6.45, 7) is 0.441. The van der Waals surface area contributed by atoms with Crippen LogP contribution in [-0.2, 0) is 6.54 Å². The maximum atomic E-state index is 12.6. The van der Waals surface area contributed by atoms with E-state index in [1.54, 1.807) is 24.8 Å². The smallest absolute Gasteiger partial charge is 0.251 e. The Morgan fingerprint density at radius 1 is 0.850 bits per heavy atom. The standard InChI is InChI=1S/C33H24N6O/c34-18-28-20-36-21-30(32(28)39-29-8-9-31-27(17-29)12-15-37-31)26-3-1-2-25(16-26)23-4-6-24(7-5-23)33(40)38-19-22-10-13-35-14-11-22/h1-17,20-21,37H,19H2,(H,36,39)(H,38,40). The van der Waals surface area contributed by atoms with Crippen LogP contribution in [0.5, 0.6) is 0 Å². The van der Waals surface area contributed by atoms with Crippen LogP contribution in [0.25, 0.3) is 33.2 Å². The Balaban J connectivity index is 1.26. The summed E-state index contributed by atoms with van der Waals surface area (Å²) < 4.78 is 0. The molecule has 1 amide bonds. The largest absolute Gasteiger partial charge is 0.361 e. The molecule has 0 aliphatic heterocycles. The summed E-state index contributed by atoms with van der Waals surface area (Å²) in [5.74, 6) is -0.134. The molecule has 0 atom stereocenters. The molecule has 0 saturated heterocycles. The first-order chi connectivity index (χ1) is 19.7. The Hall–Kier alpha value is -5.74. The number of anilines is 2. The molecular weight excluding hydrogens is 496 g/mol. The average molecular weight is 521 g/mol. The number of nitrogens with one attached hydrogen (secondary N) is 3. The Morgan fingerprint density at radius 3 is 2.50 bits per heavy atom. The minimum Gasteiger partial charge on any atom is -0.361 e. The molecule has 0 bridgehead atoms. The lowest BCUT2D eigenvalue weighted by atomic mass is 9.97. The molecule has 40 heavy (non-hydrogen) atoms. The predicted octanol–water partition coefficient (Wildman–Crippen LogP) is 6.84. The van der Waals surface area contributed by atoms with Crippen molar-refractivity contribution in [3.05, 3.63) is 133 Å². The number of aromatic nitrogens is 3. The fourth-order valence-electron chi connectivity index (χ4n) is 4.64. The van der Waals surface area contributed by atoms with E-state index in [9.17, 15) is 10.1 Å². The molecule has 7 nitrogen and oxygen atoms in total. The molecule has 3 aromatic heterocycles. The Labute approximate surface area is 231 Å². The van der Waals surface area contributed by atoms with Gasteiger partial charge in [0, 0.05) is 65.2 Å². The van der Waals surface area contributed by atoms with Crippen molar-refractivity contribution < 1.29 is 4.79 Å². The van der Waals surface area contributed by atoms with E-state index in [0.717, 1.165) is 44.4 Å². The minimum absolute atomic E-state index is 0.134. The van der Waals surface area contributed by atoms with Gasteiger partial charge in [0.1, 0.15) is 6.07 Å². The molecule has 6 aromatic rings. The van der Waals surface area contributed by atoms with E-state index in [2.05, 4.69) is 37.7 Å². The number of rotatable bonds is 7. The van der Waals surface area contributed by atoms with Crippen LogP contribution in [0.4, 0.5) is 11.4 Å². The lowest BCUT2D eigenvalue weighted by molar-refractivity contribution is 0.0951. The molecule has 0 spiro atoms. The molecule has 7 heteroatoms. The van der Waals surface area contributed by atoms with Gasteiger partial charge in [0.15, 0.2) is 0 Å². The third-order valence-corrected chi connectivity index (χ3v) is 6.75. The van der Waals surface area contributed by atoms with Crippen LogP contribution in [0.2, 0.25) is 0 Å². The SMILES string of the molecule is N#Cc1cncc(-c2cccc(-c3ccc(C(=O)NCc4ccncc4)cc3)c2)c1Nc1ccc2[nH]ccc2c1. The number of hydrogen-bond acceptors (Lipinski definition) is 5. The summed E-state index contributed by atoms with van der Waals surface area (Å²) in [4.78, 5) is 24.2. The van der Waals surface area contributed by atoms with Gasteiger partial charge in [-0.2, -0.15) is 5.26 Å². The fourth-order valence-corrected chi connectivity index (χ4v) is 4.64. The number of benzene rings is 3. The summed E-state index contributed by atoms with van der Waals surface area (Å²) in [5.41, 5.74) is 8.37. The normalized spacial score (nSPS) is 10.7. The monoisotopic (exact) mass is 520 g/mol. The second-order valence-corrected chi connectivity index (χ2v) is 9.32. The number of hydrogen-bond donors (Lipinski definition) is 3. The first kappa shape index (κ1) is 24.6. The van der Waals surface area contributed by atoms with Crippen molar-refractivity contribution >= 4 is 28.2 Å². The number of nitrogens with zero attached hydrogens (tertiary/aromatic N) is 3. The Kier molecular flexibility index (Phi) is 6.72. The van der Waals surface area contributed by atoms with Gasteiger partial charge < -0.3 is 15.6 Å². The van der Waals surface area contributed by atoms with Gasteiger partial charge in [0.05, 0.1) is 11.3 Å². The van der Waals surface area contributed by atoms with Gasteiger partial charge in [-0.05, 0) is 76.9 Å². The van der Waals surface area contributed by atoms with E-state index in [1.807, 2.05) is 85.1 Å². The summed E-state index contributed by atoms with van der Waals surface area (Å²) >= 11 is 0. The molecule has 3 heterocycles. The highest BCUT2D eigenvalue weighted by molar-refractivity contribution is 5.95. The second kappa shape index (κ2) is 10.9. The molecule has 0 saturated carbocycles. The van der Waals surface area contributed by atoms with Gasteiger partial charge in [-0.3, -0.25) is 14.8 Å². The van der Waals surface area contributed by atoms with Crippen molar-refractivity contribution in [3.63, 3.8) is 0 Å². The van der Waals surface area contributed by atoms with Crippen LogP contribution < -0.4 is 10.6 Å². The molecule has 3 aromatic carbocycles. The van der Waals surface area contributed by atoms with Gasteiger partial charge in [-0.15, -0.1) is 0 Å². The van der Waals surface area contributed by atoms with Crippen LogP contribution in [0, 0.1) is 11.3 Å². The van der Waals surface area contributed by atoms with E-state index in [1.165, 1.54) is 0 Å². The Bertz CT molecular complexity index is 1850. The lowest BCUT2D eigenvalue weighted by Crippen LogP contribution is -2.22. The zero-order chi connectivity index (χ0) is 27.3. The second-order valence-electron chi connectivity index (χ2n) is 9.32. The van der Waals surface area contributed by atoms with Crippen molar-refractivity contribution in [1.82, 2.24) is 20.3 Å². The van der Waals surface area contributed by atoms with Gasteiger partial charge in [-0.25, -0.2) is 0 Å². The Morgan fingerprint density at radius 2 is 1.68 bits per heavy atom. The fraction of sp³-hybridized carbons (Fsp3) is 0.0303.